The van der Waals surface area contributed by atoms with Crippen molar-refractivity contribution in [1.82, 2.24) is 9.97 Å². The molecular formula is C13H11N3O. The summed E-state index contributed by atoms with van der Waals surface area (Å²) in [6.07, 6.45) is 3.43. The fraction of sp³-hybridized carbons (Fsp3) is 0.0769. The molecule has 0 aliphatic carbocycles. The molecule has 0 radical (unpaired) electrons. The maximum Gasteiger partial charge on any atom is 0.165 e. The highest BCUT2D eigenvalue weighted by atomic mass is 16.3. The van der Waals surface area contributed by atoms with Gasteiger partial charge in [0, 0.05) is 18.6 Å². The third-order valence-corrected chi connectivity index (χ3v) is 2.63. The third kappa shape index (κ3) is 1.63. The average molecular weight is 225 g/mol. The number of hydrogen-bond acceptors (Lipinski definition) is 4. The van der Waals surface area contributed by atoms with Crippen molar-refractivity contribution in [2.45, 2.75) is 0 Å². The first kappa shape index (κ1) is 9.84. The number of benzene rings is 1. The van der Waals surface area contributed by atoms with Gasteiger partial charge in [-0.15, -0.1) is 0 Å². The lowest BCUT2D eigenvalue weighted by molar-refractivity contribution is 0.616. The molecule has 1 aromatic carbocycles. The van der Waals surface area contributed by atoms with Crippen molar-refractivity contribution in [1.29, 1.82) is 0 Å². The highest BCUT2D eigenvalue weighted by Crippen LogP contribution is 2.28. The zero-order chi connectivity index (χ0) is 11.7. The zero-order valence-corrected chi connectivity index (χ0v) is 9.34. The van der Waals surface area contributed by atoms with Crippen molar-refractivity contribution in [3.63, 3.8) is 0 Å². The normalized spacial score (nSPS) is 10.6. The number of nitrogens with zero attached hydrogens (tertiary/aromatic N) is 2. The minimum atomic E-state index is 0.668. The molecule has 0 bridgehead atoms. The van der Waals surface area contributed by atoms with Gasteiger partial charge in [-0.05, 0) is 12.1 Å². The van der Waals surface area contributed by atoms with Crippen molar-refractivity contribution in [3.8, 4) is 11.4 Å². The molecule has 17 heavy (non-hydrogen) atoms. The maximum absolute atomic E-state index is 5.48. The molecule has 0 aliphatic rings. The number of para-hydroxylation sites is 1. The highest BCUT2D eigenvalue weighted by molar-refractivity contribution is 5.92. The van der Waals surface area contributed by atoms with Crippen molar-refractivity contribution in [2.24, 2.45) is 0 Å². The van der Waals surface area contributed by atoms with Crippen LogP contribution in [0.3, 0.4) is 0 Å². The molecule has 4 heteroatoms. The number of nitrogens with one attached hydrogen (secondary N) is 1. The summed E-state index contributed by atoms with van der Waals surface area (Å²) in [6, 6.07) is 9.68. The Morgan fingerprint density at radius 3 is 2.94 bits per heavy atom. The number of anilines is 1. The molecule has 0 saturated carbocycles. The Hall–Kier alpha value is -2.36. The van der Waals surface area contributed by atoms with Crippen LogP contribution in [0.5, 0.6) is 0 Å². The van der Waals surface area contributed by atoms with Gasteiger partial charge >= 0.3 is 0 Å². The first-order chi connectivity index (χ1) is 8.38. The zero-order valence-electron chi connectivity index (χ0n) is 9.34. The van der Waals surface area contributed by atoms with Crippen LogP contribution in [0, 0.1) is 0 Å². The van der Waals surface area contributed by atoms with E-state index in [0.717, 1.165) is 22.4 Å². The quantitative estimate of drug-likeness (QED) is 0.728. The summed E-state index contributed by atoms with van der Waals surface area (Å²) in [5.74, 6) is 1.46. The smallest absolute Gasteiger partial charge is 0.165 e. The summed E-state index contributed by atoms with van der Waals surface area (Å²) in [6.45, 7) is 0. The lowest BCUT2D eigenvalue weighted by Crippen LogP contribution is -1.95. The molecule has 2 aromatic heterocycles. The molecule has 4 nitrogen and oxygen atoms in total. The van der Waals surface area contributed by atoms with Crippen LogP contribution in [-0.4, -0.2) is 17.0 Å². The van der Waals surface area contributed by atoms with Gasteiger partial charge in [0.2, 0.25) is 0 Å². The number of furan rings is 1. The molecule has 0 fully saturated rings. The summed E-state index contributed by atoms with van der Waals surface area (Å²) < 4.78 is 5.48. The molecule has 84 valence electrons. The van der Waals surface area contributed by atoms with Crippen molar-refractivity contribution < 1.29 is 4.42 Å². The summed E-state index contributed by atoms with van der Waals surface area (Å²) in [5, 5.41) is 4.02. The lowest BCUT2D eigenvalue weighted by atomic mass is 10.1. The van der Waals surface area contributed by atoms with Crippen molar-refractivity contribution >= 4 is 16.8 Å². The van der Waals surface area contributed by atoms with Gasteiger partial charge in [-0.1, -0.05) is 18.2 Å². The van der Waals surface area contributed by atoms with Gasteiger partial charge < -0.3 is 9.73 Å². The van der Waals surface area contributed by atoms with Crippen LogP contribution in [-0.2, 0) is 0 Å². The molecule has 0 amide bonds. The van der Waals surface area contributed by atoms with Crippen LogP contribution in [0.4, 0.5) is 5.82 Å². The monoisotopic (exact) mass is 225 g/mol. The Labute approximate surface area is 98.3 Å². The first-order valence-electron chi connectivity index (χ1n) is 5.36. The predicted molar refractivity (Wildman–Crippen MR) is 66.8 cm³/mol. The van der Waals surface area contributed by atoms with Gasteiger partial charge in [-0.2, -0.15) is 0 Å². The summed E-state index contributed by atoms with van der Waals surface area (Å²) >= 11 is 0. The summed E-state index contributed by atoms with van der Waals surface area (Å²) in [5.41, 5.74) is 1.76. The number of aromatic nitrogens is 2. The maximum atomic E-state index is 5.48. The fourth-order valence-corrected chi connectivity index (χ4v) is 1.78. The van der Waals surface area contributed by atoms with Crippen LogP contribution < -0.4 is 5.32 Å². The standard InChI is InChI=1S/C13H11N3O/c1-14-12-6-7-15-13(16-12)10-8-17-11-5-3-2-4-9(10)11/h2-8H,1H3,(H,14,15,16). The summed E-state index contributed by atoms with van der Waals surface area (Å²) in [7, 11) is 1.83. The number of rotatable bonds is 2. The Bertz CT molecular complexity index is 660. The second kappa shape index (κ2) is 3.90. The Morgan fingerprint density at radius 1 is 1.18 bits per heavy atom. The Morgan fingerprint density at radius 2 is 2.06 bits per heavy atom. The van der Waals surface area contributed by atoms with Gasteiger partial charge in [0.1, 0.15) is 17.7 Å². The van der Waals surface area contributed by atoms with Crippen LogP contribution in [0.1, 0.15) is 0 Å². The molecule has 1 N–H and O–H groups in total. The van der Waals surface area contributed by atoms with E-state index in [1.165, 1.54) is 0 Å². The minimum Gasteiger partial charge on any atom is -0.464 e. The van der Waals surface area contributed by atoms with E-state index in [2.05, 4.69) is 15.3 Å². The van der Waals surface area contributed by atoms with E-state index in [1.54, 1.807) is 12.5 Å². The molecule has 0 atom stereocenters. The van der Waals surface area contributed by atoms with Crippen molar-refractivity contribution in [2.75, 3.05) is 12.4 Å². The first-order valence-corrected chi connectivity index (χ1v) is 5.36. The van der Waals surface area contributed by atoms with E-state index in [1.807, 2.05) is 37.4 Å². The lowest BCUT2D eigenvalue weighted by Gasteiger charge is -2.00. The van der Waals surface area contributed by atoms with Gasteiger partial charge in [0.05, 0.1) is 5.56 Å². The molecule has 0 unspecified atom stereocenters. The van der Waals surface area contributed by atoms with Crippen LogP contribution in [0.15, 0.2) is 47.2 Å². The Kier molecular flexibility index (Phi) is 2.26. The molecule has 2 heterocycles. The Balaban J connectivity index is 2.20. The minimum absolute atomic E-state index is 0.668. The van der Waals surface area contributed by atoms with Crippen LogP contribution in [0.25, 0.3) is 22.4 Å². The SMILES string of the molecule is CNc1ccnc(-c2coc3ccccc23)n1. The van der Waals surface area contributed by atoms with E-state index in [0.29, 0.717) is 5.82 Å². The van der Waals surface area contributed by atoms with Gasteiger partial charge in [-0.25, -0.2) is 9.97 Å². The molecule has 0 spiro atoms. The van der Waals surface area contributed by atoms with Gasteiger partial charge in [0.25, 0.3) is 0 Å². The van der Waals surface area contributed by atoms with Crippen LogP contribution >= 0.6 is 0 Å². The van der Waals surface area contributed by atoms with Crippen LogP contribution in [0.2, 0.25) is 0 Å². The third-order valence-electron chi connectivity index (χ3n) is 2.63. The number of fused-ring (bicyclic) bond motifs is 1. The molecule has 0 saturated heterocycles. The van der Waals surface area contributed by atoms with E-state index < -0.39 is 0 Å². The molecule has 3 rings (SSSR count). The van der Waals surface area contributed by atoms with E-state index in [9.17, 15) is 0 Å². The molecular weight excluding hydrogens is 214 g/mol. The second-order valence-electron chi connectivity index (χ2n) is 3.66. The average Bonchev–Trinajstić information content (AvgIpc) is 2.82. The summed E-state index contributed by atoms with van der Waals surface area (Å²) in [4.78, 5) is 8.67. The molecule has 0 aliphatic heterocycles. The largest absolute Gasteiger partial charge is 0.464 e. The van der Waals surface area contributed by atoms with Crippen molar-refractivity contribution in [3.05, 3.63) is 42.8 Å². The van der Waals surface area contributed by atoms with Gasteiger partial charge in [-0.3, -0.25) is 0 Å². The predicted octanol–water partition coefficient (Wildman–Crippen LogP) is 2.93. The van der Waals surface area contributed by atoms with E-state index in [-0.39, 0.29) is 0 Å². The van der Waals surface area contributed by atoms with Gasteiger partial charge in [0.15, 0.2) is 5.82 Å². The fourth-order valence-electron chi connectivity index (χ4n) is 1.78. The topological polar surface area (TPSA) is 51.0 Å². The number of hydrogen-bond donors (Lipinski definition) is 1. The molecule has 3 aromatic rings. The van der Waals surface area contributed by atoms with E-state index in [4.69, 9.17) is 4.42 Å². The second-order valence-corrected chi connectivity index (χ2v) is 3.66. The highest BCUT2D eigenvalue weighted by Gasteiger charge is 2.09. The van der Waals surface area contributed by atoms with E-state index >= 15 is 0 Å².